The molecular weight excluding hydrogens is 243 g/mol. The van der Waals surface area contributed by atoms with Crippen molar-refractivity contribution in [2.45, 2.75) is 25.3 Å². The van der Waals surface area contributed by atoms with Gasteiger partial charge in [-0.3, -0.25) is 4.79 Å². The van der Waals surface area contributed by atoms with Crippen molar-refractivity contribution in [3.05, 3.63) is 29.0 Å². The second kappa shape index (κ2) is 5.36. The molecule has 1 heterocycles. The number of amides is 1. The highest BCUT2D eigenvalue weighted by atomic mass is 35.5. The lowest BCUT2D eigenvalue weighted by Gasteiger charge is -2.16. The van der Waals surface area contributed by atoms with Gasteiger partial charge in [-0.15, -0.1) is 0 Å². The molecule has 1 aliphatic rings. The van der Waals surface area contributed by atoms with E-state index in [4.69, 9.17) is 11.6 Å². The van der Waals surface area contributed by atoms with E-state index >= 15 is 0 Å². The fraction of sp³-hybridized carbons (Fsp3) is 0.417. The molecule has 1 fully saturated rings. The molecular formula is C12H14ClFN2O. The van der Waals surface area contributed by atoms with Gasteiger partial charge in [0.25, 0.3) is 0 Å². The molecule has 1 aromatic carbocycles. The van der Waals surface area contributed by atoms with Crippen LogP contribution in [0.1, 0.15) is 19.3 Å². The minimum Gasteiger partial charge on any atom is -0.374 e. The van der Waals surface area contributed by atoms with Gasteiger partial charge in [0.2, 0.25) is 5.91 Å². The van der Waals surface area contributed by atoms with Crippen molar-refractivity contribution >= 4 is 23.2 Å². The molecule has 17 heavy (non-hydrogen) atoms. The number of hydrogen-bond donors (Lipinski definition) is 2. The number of rotatable bonds is 2. The summed E-state index contributed by atoms with van der Waals surface area (Å²) in [5, 5.41) is 6.15. The van der Waals surface area contributed by atoms with Gasteiger partial charge in [-0.05, 0) is 37.5 Å². The van der Waals surface area contributed by atoms with Gasteiger partial charge in [0.05, 0.1) is 0 Å². The largest absolute Gasteiger partial charge is 0.374 e. The molecule has 0 saturated carbocycles. The van der Waals surface area contributed by atoms with Crippen molar-refractivity contribution in [2.75, 3.05) is 11.9 Å². The van der Waals surface area contributed by atoms with Crippen molar-refractivity contribution in [2.24, 2.45) is 0 Å². The van der Waals surface area contributed by atoms with Crippen LogP contribution in [0.4, 0.5) is 10.1 Å². The third kappa shape index (κ3) is 3.33. The van der Waals surface area contributed by atoms with Crippen molar-refractivity contribution in [3.8, 4) is 0 Å². The van der Waals surface area contributed by atoms with Crippen molar-refractivity contribution in [1.82, 2.24) is 5.32 Å². The minimum atomic E-state index is -0.408. The monoisotopic (exact) mass is 256 g/mol. The van der Waals surface area contributed by atoms with Crippen LogP contribution in [0.2, 0.25) is 5.02 Å². The third-order valence-corrected chi connectivity index (χ3v) is 2.96. The maximum absolute atomic E-state index is 13.1. The van der Waals surface area contributed by atoms with Gasteiger partial charge in [-0.1, -0.05) is 11.6 Å². The summed E-state index contributed by atoms with van der Waals surface area (Å²) in [5.74, 6) is -0.447. The van der Waals surface area contributed by atoms with Gasteiger partial charge in [-0.2, -0.15) is 0 Å². The number of carbonyl (C=O) groups is 1. The Morgan fingerprint density at radius 3 is 2.94 bits per heavy atom. The zero-order valence-electron chi connectivity index (χ0n) is 9.30. The van der Waals surface area contributed by atoms with Gasteiger partial charge >= 0.3 is 0 Å². The van der Waals surface area contributed by atoms with E-state index in [1.54, 1.807) is 6.07 Å². The Morgan fingerprint density at radius 2 is 2.18 bits per heavy atom. The van der Waals surface area contributed by atoms with Crippen LogP contribution in [0.25, 0.3) is 0 Å². The smallest absolute Gasteiger partial charge is 0.242 e. The molecule has 92 valence electrons. The van der Waals surface area contributed by atoms with Crippen LogP contribution in [0.5, 0.6) is 0 Å². The quantitative estimate of drug-likeness (QED) is 0.854. The molecule has 1 saturated heterocycles. The average molecular weight is 257 g/mol. The molecule has 3 nitrogen and oxygen atoms in total. The summed E-state index contributed by atoms with van der Waals surface area (Å²) >= 11 is 5.76. The Bertz CT molecular complexity index is 405. The molecule has 1 atom stereocenters. The first-order valence-corrected chi connectivity index (χ1v) is 6.03. The Kier molecular flexibility index (Phi) is 3.84. The summed E-state index contributed by atoms with van der Waals surface area (Å²) in [6.07, 6.45) is 2.70. The van der Waals surface area contributed by atoms with Crippen LogP contribution in [-0.4, -0.2) is 18.5 Å². The molecule has 2 N–H and O–H groups in total. The van der Waals surface area contributed by atoms with Crippen LogP contribution in [0.15, 0.2) is 18.2 Å². The van der Waals surface area contributed by atoms with E-state index in [1.807, 2.05) is 0 Å². The average Bonchev–Trinajstić information content (AvgIpc) is 2.43. The van der Waals surface area contributed by atoms with E-state index in [9.17, 15) is 9.18 Å². The molecule has 1 amide bonds. The summed E-state index contributed by atoms with van der Waals surface area (Å²) < 4.78 is 13.1. The summed E-state index contributed by atoms with van der Waals surface area (Å²) in [5.41, 5.74) is 0.539. The van der Waals surface area contributed by atoms with Crippen LogP contribution in [0.3, 0.4) is 0 Å². The summed E-state index contributed by atoms with van der Waals surface area (Å²) in [6.45, 7) is 0.709. The highest BCUT2D eigenvalue weighted by Gasteiger charge is 2.20. The second-order valence-corrected chi connectivity index (χ2v) is 4.58. The van der Waals surface area contributed by atoms with Crippen LogP contribution >= 0.6 is 11.6 Å². The highest BCUT2D eigenvalue weighted by Crippen LogP contribution is 2.20. The van der Waals surface area contributed by atoms with Gasteiger partial charge in [0.1, 0.15) is 11.9 Å². The Balaban J connectivity index is 2.10. The molecule has 0 bridgehead atoms. The topological polar surface area (TPSA) is 41.1 Å². The van der Waals surface area contributed by atoms with E-state index in [0.717, 1.165) is 19.3 Å². The fourth-order valence-corrected chi connectivity index (χ4v) is 2.14. The normalized spacial score (nSPS) is 20.6. The second-order valence-electron chi connectivity index (χ2n) is 4.14. The molecule has 0 aromatic heterocycles. The predicted molar refractivity (Wildman–Crippen MR) is 65.7 cm³/mol. The highest BCUT2D eigenvalue weighted by molar-refractivity contribution is 6.30. The number of carbonyl (C=O) groups excluding carboxylic acids is 1. The van der Waals surface area contributed by atoms with Crippen LogP contribution < -0.4 is 10.6 Å². The van der Waals surface area contributed by atoms with E-state index in [0.29, 0.717) is 17.3 Å². The molecule has 2 rings (SSSR count). The summed E-state index contributed by atoms with van der Waals surface area (Å²) in [6, 6.07) is 3.88. The van der Waals surface area contributed by atoms with Gasteiger partial charge < -0.3 is 10.6 Å². The lowest BCUT2D eigenvalue weighted by atomic mass is 10.1. The van der Waals surface area contributed by atoms with Gasteiger partial charge in [0.15, 0.2) is 0 Å². The molecule has 1 unspecified atom stereocenters. The Labute approximate surface area is 104 Å². The molecule has 0 radical (unpaired) electrons. The van der Waals surface area contributed by atoms with Gasteiger partial charge in [0, 0.05) is 17.3 Å². The molecule has 0 aliphatic carbocycles. The first kappa shape index (κ1) is 12.2. The standard InChI is InChI=1S/C12H14ClFN2O/c13-8-5-9(14)7-10(6-8)16-11-3-1-2-4-15-12(11)17/h5-7,11,16H,1-4H2,(H,15,17). The Hall–Kier alpha value is -1.29. The summed E-state index contributed by atoms with van der Waals surface area (Å²) in [4.78, 5) is 11.7. The van der Waals surface area contributed by atoms with Crippen LogP contribution in [0, 0.1) is 5.82 Å². The van der Waals surface area contributed by atoms with E-state index in [1.165, 1.54) is 12.1 Å². The predicted octanol–water partition coefficient (Wildman–Crippen LogP) is 2.56. The maximum atomic E-state index is 13.1. The number of halogens is 2. The molecule has 1 aliphatic heterocycles. The van der Waals surface area contributed by atoms with Crippen LogP contribution in [-0.2, 0) is 4.79 Å². The number of benzene rings is 1. The maximum Gasteiger partial charge on any atom is 0.242 e. The van der Waals surface area contributed by atoms with Crippen molar-refractivity contribution < 1.29 is 9.18 Å². The first-order chi connectivity index (χ1) is 8.15. The van der Waals surface area contributed by atoms with E-state index in [-0.39, 0.29) is 11.9 Å². The minimum absolute atomic E-state index is 0.0390. The third-order valence-electron chi connectivity index (χ3n) is 2.74. The van der Waals surface area contributed by atoms with E-state index < -0.39 is 5.82 Å². The van der Waals surface area contributed by atoms with Gasteiger partial charge in [-0.25, -0.2) is 4.39 Å². The zero-order chi connectivity index (χ0) is 12.3. The SMILES string of the molecule is O=C1NCCCCC1Nc1cc(F)cc(Cl)c1. The molecule has 5 heteroatoms. The number of nitrogens with one attached hydrogen (secondary N) is 2. The number of hydrogen-bond acceptors (Lipinski definition) is 2. The lowest BCUT2D eigenvalue weighted by Crippen LogP contribution is -2.37. The molecule has 1 aromatic rings. The lowest BCUT2D eigenvalue weighted by molar-refractivity contribution is -0.121. The number of anilines is 1. The molecule has 0 spiro atoms. The summed E-state index contributed by atoms with van der Waals surface area (Å²) in [7, 11) is 0. The Morgan fingerprint density at radius 1 is 1.35 bits per heavy atom. The zero-order valence-corrected chi connectivity index (χ0v) is 10.1. The van der Waals surface area contributed by atoms with Crippen molar-refractivity contribution in [1.29, 1.82) is 0 Å². The van der Waals surface area contributed by atoms with E-state index in [2.05, 4.69) is 10.6 Å². The fourth-order valence-electron chi connectivity index (χ4n) is 1.92. The first-order valence-electron chi connectivity index (χ1n) is 5.65. The van der Waals surface area contributed by atoms with Crippen molar-refractivity contribution in [3.63, 3.8) is 0 Å².